The Bertz CT molecular complexity index is 1060. The quantitative estimate of drug-likeness (QED) is 0.612. The summed E-state index contributed by atoms with van der Waals surface area (Å²) in [6, 6.07) is 12.8. The van der Waals surface area contributed by atoms with Crippen LogP contribution in [0.3, 0.4) is 0 Å². The van der Waals surface area contributed by atoms with Crippen molar-refractivity contribution in [3.63, 3.8) is 0 Å². The van der Waals surface area contributed by atoms with Gasteiger partial charge in [-0.2, -0.15) is 0 Å². The fourth-order valence-electron chi connectivity index (χ4n) is 3.93. The molecule has 1 heterocycles. The Hall–Kier alpha value is -2.93. The van der Waals surface area contributed by atoms with E-state index in [0.717, 1.165) is 5.56 Å². The van der Waals surface area contributed by atoms with Gasteiger partial charge in [-0.15, -0.1) is 4.51 Å². The van der Waals surface area contributed by atoms with E-state index in [1.54, 1.807) is 13.0 Å². The molecule has 176 valence electrons. The summed E-state index contributed by atoms with van der Waals surface area (Å²) < 4.78 is 18.3. The van der Waals surface area contributed by atoms with Gasteiger partial charge in [0.15, 0.2) is 0 Å². The van der Waals surface area contributed by atoms with E-state index < -0.39 is 23.3 Å². The number of benzene rings is 2. The average molecular weight is 473 g/mol. The van der Waals surface area contributed by atoms with Crippen LogP contribution in [0.1, 0.15) is 74.6 Å². The van der Waals surface area contributed by atoms with Crippen LogP contribution in [0.4, 0.5) is 4.39 Å². The van der Waals surface area contributed by atoms with Crippen molar-refractivity contribution < 1.29 is 14.0 Å². The van der Waals surface area contributed by atoms with E-state index in [2.05, 4.69) is 15.1 Å². The second-order valence-electron chi connectivity index (χ2n) is 9.10. The molecule has 33 heavy (non-hydrogen) atoms. The van der Waals surface area contributed by atoms with Gasteiger partial charge in [-0.25, -0.2) is 4.39 Å². The first-order valence-electron chi connectivity index (χ1n) is 11.0. The number of carbonyl (C=O) groups excluding carboxylic acids is 2. The number of rotatable bonds is 6. The van der Waals surface area contributed by atoms with Crippen molar-refractivity contribution in [1.82, 2.24) is 15.5 Å². The van der Waals surface area contributed by atoms with Gasteiger partial charge in [0.2, 0.25) is 11.9 Å². The highest BCUT2D eigenvalue weighted by Gasteiger charge is 2.42. The van der Waals surface area contributed by atoms with Gasteiger partial charge in [-0.3, -0.25) is 14.5 Å². The first kappa shape index (κ1) is 24.7. The Balaban J connectivity index is 1.85. The number of hydrogen-bond acceptors (Lipinski definition) is 3. The number of carbonyl (C=O) groups is 2. The van der Waals surface area contributed by atoms with Crippen molar-refractivity contribution in [2.45, 2.75) is 58.7 Å². The molecule has 2 aromatic rings. The standard InChI is InChI=1S/C25H30ClFN4O2/c1-15(2)25(5)14-22(32)31(24(29-25)30-26)17(4)19-11-20(13-21(27)12-19)23(33)28-16(3)18-9-7-6-8-10-18/h6-13,15-17H,14H2,1-5H3,(H,28,33)(H,29,30)/t16-,17+,25-/m0/s1. The molecule has 6 nitrogen and oxygen atoms in total. The van der Waals surface area contributed by atoms with Crippen molar-refractivity contribution >= 4 is 29.6 Å². The number of nitrogens with one attached hydrogen (secondary N) is 2. The summed E-state index contributed by atoms with van der Waals surface area (Å²) in [6.07, 6.45) is 0.238. The van der Waals surface area contributed by atoms with Gasteiger partial charge in [0.05, 0.1) is 18.5 Å². The van der Waals surface area contributed by atoms with Crippen LogP contribution in [0, 0.1) is 11.7 Å². The third kappa shape index (κ3) is 5.36. The lowest BCUT2D eigenvalue weighted by molar-refractivity contribution is -0.132. The van der Waals surface area contributed by atoms with Crippen molar-refractivity contribution in [3.05, 3.63) is 71.0 Å². The van der Waals surface area contributed by atoms with Crippen molar-refractivity contribution in [3.8, 4) is 0 Å². The molecule has 0 saturated carbocycles. The predicted molar refractivity (Wildman–Crippen MR) is 128 cm³/mol. The largest absolute Gasteiger partial charge is 0.349 e. The zero-order valence-corrected chi connectivity index (χ0v) is 20.3. The van der Waals surface area contributed by atoms with Crippen LogP contribution in [-0.2, 0) is 4.79 Å². The minimum Gasteiger partial charge on any atom is -0.349 e. The molecule has 1 aliphatic heterocycles. The first-order valence-corrected chi connectivity index (χ1v) is 11.3. The summed E-state index contributed by atoms with van der Waals surface area (Å²) in [6.45, 7) is 9.59. The molecular formula is C25H30ClFN4O2. The van der Waals surface area contributed by atoms with Crippen LogP contribution in [0.15, 0.2) is 53.0 Å². The molecule has 1 saturated heterocycles. The molecule has 0 unspecified atom stereocenters. The van der Waals surface area contributed by atoms with E-state index in [1.807, 2.05) is 58.0 Å². The van der Waals surface area contributed by atoms with Crippen molar-refractivity contribution in [2.24, 2.45) is 10.4 Å². The van der Waals surface area contributed by atoms with Crippen LogP contribution < -0.4 is 10.6 Å². The summed E-state index contributed by atoms with van der Waals surface area (Å²) in [4.78, 5) is 27.4. The molecule has 3 rings (SSSR count). The zero-order valence-electron chi connectivity index (χ0n) is 19.5. The molecule has 3 atom stereocenters. The molecule has 0 spiro atoms. The van der Waals surface area contributed by atoms with Gasteiger partial charge in [0, 0.05) is 22.9 Å². The molecule has 0 bridgehead atoms. The SMILES string of the molecule is CC(C)[C@]1(C)CC(=O)N([C@H](C)c2cc(F)cc(C(=O)N[C@@H](C)c3ccccc3)c2)/C(=N/Cl)N1. The third-order valence-corrected chi connectivity index (χ3v) is 6.63. The third-order valence-electron chi connectivity index (χ3n) is 6.47. The van der Waals surface area contributed by atoms with E-state index >= 15 is 0 Å². The Morgan fingerprint density at radius 3 is 2.42 bits per heavy atom. The van der Waals surface area contributed by atoms with Crippen LogP contribution in [0.25, 0.3) is 0 Å². The van der Waals surface area contributed by atoms with Crippen LogP contribution in [0.5, 0.6) is 0 Å². The number of guanidine groups is 1. The van der Waals surface area contributed by atoms with Gasteiger partial charge in [0.1, 0.15) is 5.82 Å². The highest BCUT2D eigenvalue weighted by molar-refractivity contribution is 6.21. The van der Waals surface area contributed by atoms with Gasteiger partial charge >= 0.3 is 0 Å². The maximum Gasteiger partial charge on any atom is 0.251 e. The van der Waals surface area contributed by atoms with Crippen molar-refractivity contribution in [2.75, 3.05) is 0 Å². The summed E-state index contributed by atoms with van der Waals surface area (Å²) in [7, 11) is 0. The number of hydrogen-bond donors (Lipinski definition) is 2. The average Bonchev–Trinajstić information content (AvgIpc) is 2.78. The van der Waals surface area contributed by atoms with Crippen LogP contribution in [-0.4, -0.2) is 28.2 Å². The fourth-order valence-corrected chi connectivity index (χ4v) is 4.05. The minimum absolute atomic E-state index is 0.156. The molecule has 1 fully saturated rings. The van der Waals surface area contributed by atoms with Crippen LogP contribution >= 0.6 is 11.8 Å². The minimum atomic E-state index is -0.590. The summed E-state index contributed by atoms with van der Waals surface area (Å²) in [5.74, 6) is -0.774. The van der Waals surface area contributed by atoms with Crippen molar-refractivity contribution in [1.29, 1.82) is 0 Å². The molecule has 0 radical (unpaired) electrons. The summed E-state index contributed by atoms with van der Waals surface area (Å²) in [5.41, 5.74) is 1.08. The topological polar surface area (TPSA) is 73.8 Å². The van der Waals surface area contributed by atoms with E-state index in [1.165, 1.54) is 17.0 Å². The lowest BCUT2D eigenvalue weighted by Gasteiger charge is -2.45. The summed E-state index contributed by atoms with van der Waals surface area (Å²) >= 11 is 5.83. The normalized spacial score (nSPS) is 21.6. The Morgan fingerprint density at radius 2 is 1.82 bits per heavy atom. The van der Waals surface area contributed by atoms with E-state index in [9.17, 15) is 14.0 Å². The molecule has 0 aromatic heterocycles. The highest BCUT2D eigenvalue weighted by Crippen LogP contribution is 2.32. The van der Waals surface area contributed by atoms with Gasteiger partial charge in [-0.05, 0) is 56.0 Å². The molecular weight excluding hydrogens is 443 g/mol. The Labute approximate surface area is 199 Å². The van der Waals surface area contributed by atoms with Gasteiger partial charge in [-0.1, -0.05) is 44.2 Å². The Morgan fingerprint density at radius 1 is 1.15 bits per heavy atom. The molecule has 0 aliphatic carbocycles. The molecule has 2 aromatic carbocycles. The monoisotopic (exact) mass is 472 g/mol. The van der Waals surface area contributed by atoms with Crippen LogP contribution in [0.2, 0.25) is 0 Å². The Kier molecular flexibility index (Phi) is 7.42. The fraction of sp³-hybridized carbons (Fsp3) is 0.400. The predicted octanol–water partition coefficient (Wildman–Crippen LogP) is 5.12. The second kappa shape index (κ2) is 9.91. The highest BCUT2D eigenvalue weighted by atomic mass is 35.5. The summed E-state index contributed by atoms with van der Waals surface area (Å²) in [5, 5.41) is 6.15. The smallest absolute Gasteiger partial charge is 0.251 e. The number of halogens is 2. The second-order valence-corrected chi connectivity index (χ2v) is 9.27. The molecule has 1 aliphatic rings. The van der Waals surface area contributed by atoms with E-state index in [0.29, 0.717) is 5.56 Å². The lowest BCUT2D eigenvalue weighted by atomic mass is 9.83. The molecule has 2 N–H and O–H groups in total. The van der Waals surface area contributed by atoms with Gasteiger partial charge < -0.3 is 10.6 Å². The maximum absolute atomic E-state index is 14.5. The van der Waals surface area contributed by atoms with Gasteiger partial charge in [0.25, 0.3) is 5.91 Å². The number of nitrogens with zero attached hydrogens (tertiary/aromatic N) is 2. The molecule has 2 amide bonds. The zero-order chi connectivity index (χ0) is 24.3. The molecule has 8 heteroatoms. The van der Waals surface area contributed by atoms with E-state index in [4.69, 9.17) is 11.8 Å². The number of amides is 2. The maximum atomic E-state index is 14.5. The lowest BCUT2D eigenvalue weighted by Crippen LogP contribution is -2.63. The van der Waals surface area contributed by atoms with E-state index in [-0.39, 0.29) is 35.8 Å². The first-order chi connectivity index (χ1) is 15.6.